The Bertz CT molecular complexity index is 525. The Labute approximate surface area is 103 Å². The van der Waals surface area contributed by atoms with Crippen LogP contribution < -0.4 is 5.32 Å². The van der Waals surface area contributed by atoms with Gasteiger partial charge in [-0.05, 0) is 29.5 Å². The summed E-state index contributed by atoms with van der Waals surface area (Å²) in [6.45, 7) is 1.86. The Hall–Kier alpha value is -2.28. The number of rotatable bonds is 5. The highest BCUT2D eigenvalue weighted by Gasteiger charge is 2.13. The molecule has 0 amide bonds. The molecule has 94 valence electrons. The van der Waals surface area contributed by atoms with Crippen LogP contribution in [0.15, 0.2) is 30.3 Å². The second-order valence-electron chi connectivity index (χ2n) is 3.78. The number of carboxylic acid groups (broad SMARTS) is 1. The Kier molecular flexibility index (Phi) is 3.63. The SMILES string of the molecule is CC(NCc1nnnn1-c1ccccc1)C(=O)O. The summed E-state index contributed by atoms with van der Waals surface area (Å²) in [6.07, 6.45) is 0. The minimum absolute atomic E-state index is 0.287. The number of para-hydroxylation sites is 1. The number of benzene rings is 1. The van der Waals surface area contributed by atoms with E-state index in [2.05, 4.69) is 20.8 Å². The third-order valence-corrected chi connectivity index (χ3v) is 2.47. The molecule has 2 rings (SSSR count). The van der Waals surface area contributed by atoms with E-state index in [9.17, 15) is 4.79 Å². The molecule has 0 aliphatic carbocycles. The Morgan fingerprint density at radius 1 is 1.44 bits per heavy atom. The molecule has 0 radical (unpaired) electrons. The lowest BCUT2D eigenvalue weighted by atomic mass is 10.3. The minimum Gasteiger partial charge on any atom is -0.480 e. The molecule has 0 aliphatic rings. The minimum atomic E-state index is -0.909. The monoisotopic (exact) mass is 247 g/mol. The van der Waals surface area contributed by atoms with Crippen LogP contribution in [0.4, 0.5) is 0 Å². The highest BCUT2D eigenvalue weighted by molar-refractivity contribution is 5.72. The highest BCUT2D eigenvalue weighted by atomic mass is 16.4. The topological polar surface area (TPSA) is 92.9 Å². The first-order valence-corrected chi connectivity index (χ1v) is 5.47. The fourth-order valence-electron chi connectivity index (χ4n) is 1.42. The number of hydrogen-bond acceptors (Lipinski definition) is 5. The van der Waals surface area contributed by atoms with Crippen molar-refractivity contribution < 1.29 is 9.90 Å². The quantitative estimate of drug-likeness (QED) is 0.785. The van der Waals surface area contributed by atoms with Gasteiger partial charge in [-0.25, -0.2) is 0 Å². The van der Waals surface area contributed by atoms with E-state index in [1.54, 1.807) is 11.6 Å². The van der Waals surface area contributed by atoms with Gasteiger partial charge in [0.15, 0.2) is 5.82 Å². The van der Waals surface area contributed by atoms with Crippen LogP contribution >= 0.6 is 0 Å². The van der Waals surface area contributed by atoms with E-state index < -0.39 is 12.0 Å². The van der Waals surface area contributed by atoms with E-state index in [1.165, 1.54) is 0 Å². The summed E-state index contributed by atoms with van der Waals surface area (Å²) < 4.78 is 1.57. The smallest absolute Gasteiger partial charge is 0.320 e. The molecule has 2 N–H and O–H groups in total. The van der Waals surface area contributed by atoms with Gasteiger partial charge >= 0.3 is 5.97 Å². The lowest BCUT2D eigenvalue weighted by Crippen LogP contribution is -2.33. The van der Waals surface area contributed by atoms with Crippen molar-refractivity contribution in [2.45, 2.75) is 19.5 Å². The largest absolute Gasteiger partial charge is 0.480 e. The molecule has 0 fully saturated rings. The fraction of sp³-hybridized carbons (Fsp3) is 0.273. The zero-order valence-corrected chi connectivity index (χ0v) is 9.82. The van der Waals surface area contributed by atoms with Crippen molar-refractivity contribution in [1.29, 1.82) is 0 Å². The number of nitrogens with one attached hydrogen (secondary N) is 1. The lowest BCUT2D eigenvalue weighted by molar-refractivity contribution is -0.139. The number of hydrogen-bond donors (Lipinski definition) is 2. The van der Waals surface area contributed by atoms with Crippen LogP contribution in [-0.4, -0.2) is 37.3 Å². The number of carbonyl (C=O) groups is 1. The van der Waals surface area contributed by atoms with Crippen molar-refractivity contribution in [3.05, 3.63) is 36.2 Å². The maximum atomic E-state index is 10.7. The molecule has 0 saturated carbocycles. The molecule has 1 atom stereocenters. The molecule has 7 nitrogen and oxygen atoms in total. The van der Waals surface area contributed by atoms with E-state index in [0.29, 0.717) is 5.82 Å². The highest BCUT2D eigenvalue weighted by Crippen LogP contribution is 2.06. The first kappa shape index (κ1) is 12.2. The maximum Gasteiger partial charge on any atom is 0.320 e. The van der Waals surface area contributed by atoms with Crippen LogP contribution in [-0.2, 0) is 11.3 Å². The summed E-state index contributed by atoms with van der Waals surface area (Å²) in [5.74, 6) is -0.344. The first-order valence-electron chi connectivity index (χ1n) is 5.47. The van der Waals surface area contributed by atoms with Crippen LogP contribution in [0, 0.1) is 0 Å². The number of nitrogens with zero attached hydrogens (tertiary/aromatic N) is 4. The molecule has 1 aromatic carbocycles. The fourth-order valence-corrected chi connectivity index (χ4v) is 1.42. The van der Waals surface area contributed by atoms with Crippen LogP contribution in [0.1, 0.15) is 12.7 Å². The second kappa shape index (κ2) is 5.37. The van der Waals surface area contributed by atoms with Gasteiger partial charge in [0, 0.05) is 0 Å². The summed E-state index contributed by atoms with van der Waals surface area (Å²) in [4.78, 5) is 10.7. The van der Waals surface area contributed by atoms with E-state index in [0.717, 1.165) is 5.69 Å². The molecule has 1 heterocycles. The Morgan fingerprint density at radius 3 is 2.83 bits per heavy atom. The number of aliphatic carboxylic acids is 1. The molecule has 2 aromatic rings. The van der Waals surface area contributed by atoms with Crippen molar-refractivity contribution in [2.24, 2.45) is 0 Å². The van der Waals surface area contributed by atoms with Crippen molar-refractivity contribution in [3.63, 3.8) is 0 Å². The van der Waals surface area contributed by atoms with E-state index >= 15 is 0 Å². The zero-order valence-electron chi connectivity index (χ0n) is 9.82. The normalized spacial score (nSPS) is 12.3. The zero-order chi connectivity index (χ0) is 13.0. The van der Waals surface area contributed by atoms with Crippen LogP contribution in [0.2, 0.25) is 0 Å². The summed E-state index contributed by atoms with van der Waals surface area (Å²) in [7, 11) is 0. The second-order valence-corrected chi connectivity index (χ2v) is 3.78. The Balaban J connectivity index is 2.12. The van der Waals surface area contributed by atoms with Gasteiger partial charge in [-0.2, -0.15) is 4.68 Å². The Morgan fingerprint density at radius 2 is 2.17 bits per heavy atom. The predicted molar refractivity (Wildman–Crippen MR) is 63.1 cm³/mol. The predicted octanol–water partition coefficient (Wildman–Crippen LogP) is 0.225. The van der Waals surface area contributed by atoms with Gasteiger partial charge < -0.3 is 5.11 Å². The van der Waals surface area contributed by atoms with Gasteiger partial charge in [0.25, 0.3) is 0 Å². The maximum absolute atomic E-state index is 10.7. The summed E-state index contributed by atoms with van der Waals surface area (Å²) in [5, 5.41) is 23.0. The summed E-state index contributed by atoms with van der Waals surface area (Å²) in [5.41, 5.74) is 0.835. The number of tetrazole rings is 1. The molecule has 0 bridgehead atoms. The van der Waals surface area contributed by atoms with E-state index in [4.69, 9.17) is 5.11 Å². The summed E-state index contributed by atoms with van der Waals surface area (Å²) in [6, 6.07) is 8.77. The van der Waals surface area contributed by atoms with E-state index in [-0.39, 0.29) is 6.54 Å². The van der Waals surface area contributed by atoms with Gasteiger partial charge in [-0.15, -0.1) is 5.10 Å². The molecule has 18 heavy (non-hydrogen) atoms. The molecule has 0 spiro atoms. The third-order valence-electron chi connectivity index (χ3n) is 2.47. The van der Waals surface area contributed by atoms with Gasteiger partial charge in [0.05, 0.1) is 12.2 Å². The van der Waals surface area contributed by atoms with Gasteiger partial charge in [-0.1, -0.05) is 18.2 Å². The van der Waals surface area contributed by atoms with Crippen LogP contribution in [0.5, 0.6) is 0 Å². The van der Waals surface area contributed by atoms with Crippen LogP contribution in [0.25, 0.3) is 5.69 Å². The molecule has 7 heteroatoms. The van der Waals surface area contributed by atoms with Crippen molar-refractivity contribution in [3.8, 4) is 5.69 Å². The van der Waals surface area contributed by atoms with Gasteiger partial charge in [0.2, 0.25) is 0 Å². The molecule has 1 aromatic heterocycles. The number of aromatic nitrogens is 4. The molecule has 0 aliphatic heterocycles. The van der Waals surface area contributed by atoms with Crippen LogP contribution in [0.3, 0.4) is 0 Å². The average molecular weight is 247 g/mol. The molecule has 0 saturated heterocycles. The van der Waals surface area contributed by atoms with Crippen molar-refractivity contribution in [2.75, 3.05) is 0 Å². The lowest BCUT2D eigenvalue weighted by Gasteiger charge is -2.08. The molecule has 1 unspecified atom stereocenters. The summed E-state index contributed by atoms with van der Waals surface area (Å²) >= 11 is 0. The third kappa shape index (κ3) is 2.69. The molecular formula is C11H13N5O2. The average Bonchev–Trinajstić information content (AvgIpc) is 2.85. The van der Waals surface area contributed by atoms with Gasteiger partial charge in [-0.3, -0.25) is 10.1 Å². The van der Waals surface area contributed by atoms with Crippen molar-refractivity contribution >= 4 is 5.97 Å². The molecular weight excluding hydrogens is 234 g/mol. The van der Waals surface area contributed by atoms with Crippen molar-refractivity contribution in [1.82, 2.24) is 25.5 Å². The van der Waals surface area contributed by atoms with E-state index in [1.807, 2.05) is 30.3 Å². The first-order chi connectivity index (χ1) is 8.68. The number of carboxylic acids is 1. The standard InChI is InChI=1S/C11H13N5O2/c1-8(11(17)18)12-7-10-13-14-15-16(10)9-5-3-2-4-6-9/h2-6,8,12H,7H2,1H3,(H,17,18). The van der Waals surface area contributed by atoms with Gasteiger partial charge in [0.1, 0.15) is 6.04 Å².